The van der Waals surface area contributed by atoms with Crippen molar-refractivity contribution >= 4 is 23.2 Å². The fourth-order valence-corrected chi connectivity index (χ4v) is 1.81. The van der Waals surface area contributed by atoms with Crippen LogP contribution in [0.1, 0.15) is 5.56 Å². The van der Waals surface area contributed by atoms with Crippen molar-refractivity contribution in [3.63, 3.8) is 0 Å². The average molecular weight is 299 g/mol. The van der Waals surface area contributed by atoms with Gasteiger partial charge in [-0.3, -0.25) is 0 Å². The molecule has 0 saturated heterocycles. The van der Waals surface area contributed by atoms with Gasteiger partial charge in [0.1, 0.15) is 0 Å². The lowest BCUT2D eigenvalue weighted by Gasteiger charge is -2.04. The number of ether oxygens (including phenoxy) is 1. The van der Waals surface area contributed by atoms with Gasteiger partial charge < -0.3 is 9.30 Å². The molecule has 1 aromatic heterocycles. The highest BCUT2D eigenvalue weighted by molar-refractivity contribution is 6.35. The van der Waals surface area contributed by atoms with Gasteiger partial charge in [-0.15, -0.1) is 6.58 Å². The van der Waals surface area contributed by atoms with Crippen molar-refractivity contribution in [2.24, 2.45) is 0 Å². The Morgan fingerprint density at radius 3 is 2.68 bits per heavy atom. The average Bonchev–Trinajstić information content (AvgIpc) is 2.87. The van der Waals surface area contributed by atoms with Gasteiger partial charge in [-0.05, 0) is 17.7 Å². The van der Waals surface area contributed by atoms with Crippen LogP contribution in [-0.4, -0.2) is 23.3 Å². The number of hydrogen-bond acceptors (Lipinski definition) is 2. The maximum absolute atomic E-state index is 6.03. The Morgan fingerprint density at radius 1 is 1.42 bits per heavy atom. The van der Waals surface area contributed by atoms with E-state index in [1.54, 1.807) is 31.8 Å². The zero-order valence-electron chi connectivity index (χ0n) is 10.7. The number of aromatic nitrogens is 2. The van der Waals surface area contributed by atoms with Crippen LogP contribution in [0.2, 0.25) is 10.0 Å². The highest BCUT2D eigenvalue weighted by atomic mass is 35.5. The number of imidazole rings is 1. The number of methoxy groups -OCH3 is 1. The summed E-state index contributed by atoms with van der Waals surface area (Å²) in [6.45, 7) is 4.80. The highest BCUT2D eigenvalue weighted by Gasteiger charge is 2.01. The van der Waals surface area contributed by atoms with Crippen molar-refractivity contribution in [2.75, 3.05) is 13.7 Å². The fraction of sp³-hybridized carbons (Fsp3) is 0.214. The molecular formula is C14H16Cl2N2O. The molecule has 0 radical (unpaired) electrons. The third-order valence-electron chi connectivity index (χ3n) is 2.21. The smallest absolute Gasteiger partial charge is 0.0949 e. The van der Waals surface area contributed by atoms with Crippen LogP contribution in [0.25, 0.3) is 0 Å². The van der Waals surface area contributed by atoms with E-state index >= 15 is 0 Å². The Morgan fingerprint density at radius 2 is 2.21 bits per heavy atom. The summed E-state index contributed by atoms with van der Waals surface area (Å²) in [5.41, 5.74) is 1.04. The second-order valence-electron chi connectivity index (χ2n) is 3.71. The zero-order valence-corrected chi connectivity index (χ0v) is 12.2. The third-order valence-corrected chi connectivity index (χ3v) is 2.80. The number of halogens is 2. The summed E-state index contributed by atoms with van der Waals surface area (Å²) in [7, 11) is 1.64. The Bertz CT molecular complexity index is 498. The molecule has 3 nitrogen and oxygen atoms in total. The van der Waals surface area contributed by atoms with Crippen molar-refractivity contribution in [3.05, 3.63) is 65.2 Å². The first-order valence-corrected chi connectivity index (χ1v) is 6.42. The van der Waals surface area contributed by atoms with Gasteiger partial charge in [-0.1, -0.05) is 35.3 Å². The van der Waals surface area contributed by atoms with E-state index in [9.17, 15) is 0 Å². The molecule has 1 aromatic carbocycles. The SMILES string of the molecule is C=CCOC.Clc1ccc(Cn2ccnc2)c(Cl)c1. The van der Waals surface area contributed by atoms with Crippen molar-refractivity contribution in [1.82, 2.24) is 9.55 Å². The largest absolute Gasteiger partial charge is 0.381 e. The lowest BCUT2D eigenvalue weighted by Crippen LogP contribution is -1.96. The molecule has 0 fully saturated rings. The van der Waals surface area contributed by atoms with Crippen LogP contribution in [0.5, 0.6) is 0 Å². The van der Waals surface area contributed by atoms with E-state index in [1.165, 1.54) is 0 Å². The van der Waals surface area contributed by atoms with Crippen LogP contribution in [0.15, 0.2) is 49.6 Å². The molecule has 0 aliphatic carbocycles. The molecule has 0 aliphatic rings. The molecule has 0 spiro atoms. The quantitative estimate of drug-likeness (QED) is 0.796. The number of nitrogens with zero attached hydrogens (tertiary/aromatic N) is 2. The molecule has 0 amide bonds. The Balaban J connectivity index is 0.000000312. The maximum Gasteiger partial charge on any atom is 0.0949 e. The maximum atomic E-state index is 6.03. The van der Waals surface area contributed by atoms with Gasteiger partial charge >= 0.3 is 0 Å². The molecule has 1 heterocycles. The fourth-order valence-electron chi connectivity index (χ4n) is 1.34. The van der Waals surface area contributed by atoms with Crippen LogP contribution in [0, 0.1) is 0 Å². The first kappa shape index (κ1) is 15.8. The minimum Gasteiger partial charge on any atom is -0.381 e. The lowest BCUT2D eigenvalue weighted by molar-refractivity contribution is 0.234. The third kappa shape index (κ3) is 5.92. The van der Waals surface area contributed by atoms with Gasteiger partial charge in [0.15, 0.2) is 0 Å². The van der Waals surface area contributed by atoms with E-state index in [-0.39, 0.29) is 0 Å². The van der Waals surface area contributed by atoms with E-state index in [1.807, 2.05) is 22.9 Å². The molecule has 2 aromatic rings. The van der Waals surface area contributed by atoms with Crippen LogP contribution >= 0.6 is 23.2 Å². The monoisotopic (exact) mass is 298 g/mol. The minimum absolute atomic E-state index is 0.653. The zero-order chi connectivity index (χ0) is 14.1. The van der Waals surface area contributed by atoms with Gasteiger partial charge in [0.25, 0.3) is 0 Å². The molecule has 0 unspecified atom stereocenters. The summed E-state index contributed by atoms with van der Waals surface area (Å²) in [6.07, 6.45) is 7.10. The Kier molecular flexibility index (Phi) is 7.26. The van der Waals surface area contributed by atoms with Gasteiger partial charge in [0, 0.05) is 36.1 Å². The summed E-state index contributed by atoms with van der Waals surface area (Å²) in [6, 6.07) is 5.50. The summed E-state index contributed by atoms with van der Waals surface area (Å²) < 4.78 is 6.53. The highest BCUT2D eigenvalue weighted by Crippen LogP contribution is 2.21. The van der Waals surface area contributed by atoms with Gasteiger partial charge in [-0.2, -0.15) is 0 Å². The molecule has 0 atom stereocenters. The normalized spacial score (nSPS) is 9.63. The van der Waals surface area contributed by atoms with Gasteiger partial charge in [-0.25, -0.2) is 4.98 Å². The van der Waals surface area contributed by atoms with Crippen molar-refractivity contribution < 1.29 is 4.74 Å². The van der Waals surface area contributed by atoms with Crippen LogP contribution in [0.3, 0.4) is 0 Å². The summed E-state index contributed by atoms with van der Waals surface area (Å²) in [5, 5.41) is 1.34. The molecule has 0 saturated carbocycles. The molecule has 2 rings (SSSR count). The van der Waals surface area contributed by atoms with Crippen LogP contribution in [-0.2, 0) is 11.3 Å². The van der Waals surface area contributed by atoms with E-state index in [4.69, 9.17) is 23.2 Å². The molecular weight excluding hydrogens is 283 g/mol. The second kappa shape index (κ2) is 8.75. The standard InChI is InChI=1S/C10H8Cl2N2.C4H8O/c11-9-2-1-8(10(12)5-9)6-14-4-3-13-7-14;1-3-4-5-2/h1-5,7H,6H2;3H,1,4H2,2H3. The Hall–Kier alpha value is -1.29. The number of rotatable bonds is 4. The summed E-state index contributed by atoms with van der Waals surface area (Å²) in [5.74, 6) is 0. The summed E-state index contributed by atoms with van der Waals surface area (Å²) in [4.78, 5) is 3.96. The molecule has 5 heteroatoms. The van der Waals surface area contributed by atoms with Crippen molar-refractivity contribution in [2.45, 2.75) is 6.54 Å². The van der Waals surface area contributed by atoms with Crippen molar-refractivity contribution in [1.29, 1.82) is 0 Å². The molecule has 0 N–H and O–H groups in total. The molecule has 0 bridgehead atoms. The van der Waals surface area contributed by atoms with E-state index in [0.29, 0.717) is 16.7 Å². The van der Waals surface area contributed by atoms with E-state index in [0.717, 1.165) is 12.1 Å². The second-order valence-corrected chi connectivity index (χ2v) is 4.56. The summed E-state index contributed by atoms with van der Waals surface area (Å²) >= 11 is 11.8. The lowest BCUT2D eigenvalue weighted by atomic mass is 10.2. The Labute approximate surface area is 123 Å². The first-order chi connectivity index (χ1) is 9.17. The number of hydrogen-bond donors (Lipinski definition) is 0. The first-order valence-electron chi connectivity index (χ1n) is 5.67. The number of benzene rings is 1. The molecule has 102 valence electrons. The minimum atomic E-state index is 0.653. The van der Waals surface area contributed by atoms with Crippen LogP contribution < -0.4 is 0 Å². The van der Waals surface area contributed by atoms with Gasteiger partial charge in [0.05, 0.1) is 12.9 Å². The topological polar surface area (TPSA) is 27.1 Å². The van der Waals surface area contributed by atoms with Crippen molar-refractivity contribution in [3.8, 4) is 0 Å². The van der Waals surface area contributed by atoms with Gasteiger partial charge in [0.2, 0.25) is 0 Å². The van der Waals surface area contributed by atoms with E-state index < -0.39 is 0 Å². The van der Waals surface area contributed by atoms with E-state index in [2.05, 4.69) is 16.3 Å². The molecule has 19 heavy (non-hydrogen) atoms. The molecule has 0 aliphatic heterocycles. The van der Waals surface area contributed by atoms with Crippen LogP contribution in [0.4, 0.5) is 0 Å². The predicted octanol–water partition coefficient (Wildman–Crippen LogP) is 4.06. The predicted molar refractivity (Wildman–Crippen MR) is 79.9 cm³/mol.